The van der Waals surface area contributed by atoms with Gasteiger partial charge in [-0.25, -0.2) is 0 Å². The van der Waals surface area contributed by atoms with Crippen molar-refractivity contribution >= 4 is 11.6 Å². The number of Topliss-reactive ketones (excluding diaryl/α,β-unsaturated/α-hetero) is 2. The van der Waals surface area contributed by atoms with E-state index in [0.29, 0.717) is 23.9 Å². The average molecular weight is 204 g/mol. The summed E-state index contributed by atoms with van der Waals surface area (Å²) in [7, 11) is 0. The Bertz CT molecular complexity index is 369. The van der Waals surface area contributed by atoms with Crippen LogP contribution in [0.2, 0.25) is 0 Å². The Labute approximate surface area is 89.7 Å². The summed E-state index contributed by atoms with van der Waals surface area (Å²) in [4.78, 5) is 24.0. The molecule has 0 heterocycles. The molecule has 2 heteroatoms. The van der Waals surface area contributed by atoms with Crippen LogP contribution in [0.5, 0.6) is 0 Å². The van der Waals surface area contributed by atoms with Crippen molar-refractivity contribution in [3.05, 3.63) is 12.2 Å². The lowest BCUT2D eigenvalue weighted by atomic mass is 9.60. The molecule has 0 amide bonds. The van der Waals surface area contributed by atoms with Crippen LogP contribution in [-0.2, 0) is 9.59 Å². The fourth-order valence-corrected chi connectivity index (χ4v) is 3.92. The first-order valence-corrected chi connectivity index (χ1v) is 5.87. The van der Waals surface area contributed by atoms with E-state index in [4.69, 9.17) is 0 Å². The molecule has 2 bridgehead atoms. The molecule has 3 fully saturated rings. The highest BCUT2D eigenvalue weighted by molar-refractivity contribution is 5.94. The molecule has 0 aromatic heterocycles. The summed E-state index contributed by atoms with van der Waals surface area (Å²) in [6, 6.07) is 0. The van der Waals surface area contributed by atoms with Gasteiger partial charge in [0.15, 0.2) is 0 Å². The molecule has 3 aliphatic rings. The highest BCUT2D eigenvalue weighted by Gasteiger charge is 2.57. The quantitative estimate of drug-likeness (QED) is 0.567. The smallest absolute Gasteiger partial charge is 0.140 e. The minimum atomic E-state index is -0.159. The maximum absolute atomic E-state index is 12.1. The van der Waals surface area contributed by atoms with Crippen LogP contribution in [0.3, 0.4) is 0 Å². The second-order valence-electron chi connectivity index (χ2n) is 5.43. The number of allylic oxidation sites excluding steroid dienone is 1. The zero-order valence-corrected chi connectivity index (χ0v) is 8.92. The molecular weight excluding hydrogens is 188 g/mol. The second kappa shape index (κ2) is 2.81. The third kappa shape index (κ3) is 1.05. The van der Waals surface area contributed by atoms with Crippen molar-refractivity contribution in [2.75, 3.05) is 0 Å². The molecule has 80 valence electrons. The summed E-state index contributed by atoms with van der Waals surface area (Å²) >= 11 is 0. The van der Waals surface area contributed by atoms with E-state index >= 15 is 0 Å². The molecule has 3 aliphatic carbocycles. The lowest BCUT2D eigenvalue weighted by Crippen LogP contribution is -2.44. The van der Waals surface area contributed by atoms with Gasteiger partial charge >= 0.3 is 0 Å². The number of ketones is 2. The van der Waals surface area contributed by atoms with E-state index in [1.165, 1.54) is 0 Å². The SMILES string of the molecule is C=C1C[C@]23C[C@H]1C(=O)CC2CCCC3=O. The van der Waals surface area contributed by atoms with Crippen molar-refractivity contribution in [2.24, 2.45) is 17.3 Å². The molecule has 0 aromatic rings. The molecule has 0 radical (unpaired) electrons. The third-order valence-electron chi connectivity index (χ3n) is 4.73. The van der Waals surface area contributed by atoms with Crippen molar-refractivity contribution in [3.8, 4) is 0 Å². The van der Waals surface area contributed by atoms with Crippen LogP contribution < -0.4 is 0 Å². The lowest BCUT2D eigenvalue weighted by Gasteiger charge is -2.42. The van der Waals surface area contributed by atoms with Gasteiger partial charge in [0.1, 0.15) is 11.6 Å². The molecule has 0 saturated heterocycles. The average Bonchev–Trinajstić information content (AvgIpc) is 2.49. The van der Waals surface area contributed by atoms with Crippen molar-refractivity contribution in [1.82, 2.24) is 0 Å². The fraction of sp³-hybridized carbons (Fsp3) is 0.692. The Morgan fingerprint density at radius 3 is 2.93 bits per heavy atom. The molecule has 1 unspecified atom stereocenters. The fourth-order valence-electron chi connectivity index (χ4n) is 3.92. The predicted molar refractivity (Wildman–Crippen MR) is 56.3 cm³/mol. The van der Waals surface area contributed by atoms with Gasteiger partial charge in [-0.2, -0.15) is 0 Å². The molecule has 0 aromatic carbocycles. The van der Waals surface area contributed by atoms with Crippen LogP contribution in [0.15, 0.2) is 12.2 Å². The highest BCUT2D eigenvalue weighted by Crippen LogP contribution is 2.59. The molecule has 15 heavy (non-hydrogen) atoms. The maximum Gasteiger partial charge on any atom is 0.140 e. The Hall–Kier alpha value is -0.920. The van der Waals surface area contributed by atoms with E-state index in [1.807, 2.05) is 0 Å². The van der Waals surface area contributed by atoms with Gasteiger partial charge in [-0.1, -0.05) is 12.2 Å². The molecule has 3 rings (SSSR count). The molecule has 2 nitrogen and oxygen atoms in total. The standard InChI is InChI=1S/C13H16O2/c1-8-6-13-7-10(8)11(14)5-9(13)3-2-4-12(13)15/h9-10H,1-7H2/t9?,10-,13+/m1/s1. The van der Waals surface area contributed by atoms with Crippen molar-refractivity contribution in [3.63, 3.8) is 0 Å². The molecular formula is C13H16O2. The van der Waals surface area contributed by atoms with Crippen LogP contribution in [0, 0.1) is 17.3 Å². The molecule has 3 saturated carbocycles. The summed E-state index contributed by atoms with van der Waals surface area (Å²) in [5, 5.41) is 0. The lowest BCUT2D eigenvalue weighted by molar-refractivity contribution is -0.140. The summed E-state index contributed by atoms with van der Waals surface area (Å²) < 4.78 is 0. The van der Waals surface area contributed by atoms with E-state index in [-0.39, 0.29) is 11.3 Å². The Balaban J connectivity index is 2.05. The number of hydrogen-bond acceptors (Lipinski definition) is 2. The van der Waals surface area contributed by atoms with Gasteiger partial charge in [0.2, 0.25) is 0 Å². The van der Waals surface area contributed by atoms with E-state index in [2.05, 4.69) is 6.58 Å². The number of hydrogen-bond donors (Lipinski definition) is 0. The Kier molecular flexibility index (Phi) is 1.74. The summed E-state index contributed by atoms with van der Waals surface area (Å²) in [5.74, 6) is 1.10. The number of fused-ring (bicyclic) bond motifs is 1. The molecule has 3 atom stereocenters. The van der Waals surface area contributed by atoms with Gasteiger partial charge in [-0.15, -0.1) is 0 Å². The second-order valence-corrected chi connectivity index (χ2v) is 5.43. The topological polar surface area (TPSA) is 34.1 Å². The first kappa shape index (κ1) is 9.32. The van der Waals surface area contributed by atoms with E-state index in [9.17, 15) is 9.59 Å². The number of carbonyl (C=O) groups excluding carboxylic acids is 2. The van der Waals surface area contributed by atoms with Gasteiger partial charge in [0, 0.05) is 24.2 Å². The zero-order valence-electron chi connectivity index (χ0n) is 8.92. The van der Waals surface area contributed by atoms with Crippen molar-refractivity contribution < 1.29 is 9.59 Å². The predicted octanol–water partition coefficient (Wildman–Crippen LogP) is 2.28. The zero-order chi connectivity index (χ0) is 10.6. The van der Waals surface area contributed by atoms with Crippen molar-refractivity contribution in [2.45, 2.75) is 38.5 Å². The van der Waals surface area contributed by atoms with Crippen LogP contribution in [0.4, 0.5) is 0 Å². The largest absolute Gasteiger partial charge is 0.299 e. The van der Waals surface area contributed by atoms with Crippen LogP contribution in [0.25, 0.3) is 0 Å². The van der Waals surface area contributed by atoms with E-state index in [0.717, 1.165) is 37.7 Å². The van der Waals surface area contributed by atoms with E-state index < -0.39 is 0 Å². The normalized spacial score (nSPS) is 44.4. The van der Waals surface area contributed by atoms with Crippen LogP contribution in [-0.4, -0.2) is 11.6 Å². The number of rotatable bonds is 0. The van der Waals surface area contributed by atoms with Gasteiger partial charge in [-0.05, 0) is 31.6 Å². The first-order chi connectivity index (χ1) is 7.13. The highest BCUT2D eigenvalue weighted by atomic mass is 16.1. The van der Waals surface area contributed by atoms with Gasteiger partial charge in [-0.3, -0.25) is 9.59 Å². The third-order valence-corrected chi connectivity index (χ3v) is 4.73. The monoisotopic (exact) mass is 204 g/mol. The van der Waals surface area contributed by atoms with Crippen LogP contribution >= 0.6 is 0 Å². The minimum Gasteiger partial charge on any atom is -0.299 e. The van der Waals surface area contributed by atoms with Gasteiger partial charge < -0.3 is 0 Å². The molecule has 0 N–H and O–H groups in total. The minimum absolute atomic E-state index is 0.0169. The first-order valence-electron chi connectivity index (χ1n) is 5.87. The van der Waals surface area contributed by atoms with Crippen molar-refractivity contribution in [1.29, 1.82) is 0 Å². The summed E-state index contributed by atoms with van der Waals surface area (Å²) in [5.41, 5.74) is 0.867. The molecule has 0 aliphatic heterocycles. The van der Waals surface area contributed by atoms with Gasteiger partial charge in [0.05, 0.1) is 0 Å². The maximum atomic E-state index is 12.1. The van der Waals surface area contributed by atoms with Crippen LogP contribution in [0.1, 0.15) is 38.5 Å². The summed E-state index contributed by atoms with van der Waals surface area (Å²) in [6.07, 6.45) is 4.99. The summed E-state index contributed by atoms with van der Waals surface area (Å²) in [6.45, 7) is 3.99. The van der Waals surface area contributed by atoms with Gasteiger partial charge in [0.25, 0.3) is 0 Å². The Morgan fingerprint density at radius 1 is 1.33 bits per heavy atom. The number of carbonyl (C=O) groups is 2. The Morgan fingerprint density at radius 2 is 2.13 bits per heavy atom. The van der Waals surface area contributed by atoms with E-state index in [1.54, 1.807) is 0 Å². The molecule has 1 spiro atoms.